The van der Waals surface area contributed by atoms with Gasteiger partial charge in [-0.1, -0.05) is 18.2 Å². The summed E-state index contributed by atoms with van der Waals surface area (Å²) >= 11 is 0. The van der Waals surface area contributed by atoms with Gasteiger partial charge in [0.2, 0.25) is 10.0 Å². The van der Waals surface area contributed by atoms with Crippen molar-refractivity contribution in [2.45, 2.75) is 38.1 Å². The molecule has 7 nitrogen and oxygen atoms in total. The Kier molecular flexibility index (Phi) is 4.39. The van der Waals surface area contributed by atoms with Crippen LogP contribution in [0.3, 0.4) is 0 Å². The van der Waals surface area contributed by atoms with E-state index in [1.54, 1.807) is 6.07 Å². The van der Waals surface area contributed by atoms with E-state index < -0.39 is 10.0 Å². The molecule has 2 aromatic heterocycles. The Hall–Kier alpha value is -2.45. The maximum atomic E-state index is 12.7. The normalized spacial score (nSPS) is 15.6. The molecule has 0 spiro atoms. The monoisotopic (exact) mass is 386 g/mol. The van der Waals surface area contributed by atoms with Crippen LogP contribution in [0.1, 0.15) is 29.5 Å². The van der Waals surface area contributed by atoms with Crippen LogP contribution in [0.25, 0.3) is 5.65 Å². The highest BCUT2D eigenvalue weighted by Crippen LogP contribution is 2.20. The highest BCUT2D eigenvalue weighted by Gasteiger charge is 2.27. The van der Waals surface area contributed by atoms with E-state index in [1.165, 1.54) is 31.2 Å². The van der Waals surface area contributed by atoms with E-state index in [1.807, 2.05) is 32.0 Å². The van der Waals surface area contributed by atoms with Crippen molar-refractivity contribution in [2.24, 2.45) is 0 Å². The quantitative estimate of drug-likeness (QED) is 0.687. The number of fused-ring (bicyclic) bond motifs is 1. The fourth-order valence-corrected chi connectivity index (χ4v) is 4.92. The second kappa shape index (κ2) is 6.61. The van der Waals surface area contributed by atoms with Gasteiger partial charge < -0.3 is 0 Å². The van der Waals surface area contributed by atoms with Crippen molar-refractivity contribution in [2.75, 3.05) is 13.1 Å². The Labute approximate surface area is 157 Å². The fourth-order valence-electron chi connectivity index (χ4n) is 3.41. The number of benzene rings is 1. The summed E-state index contributed by atoms with van der Waals surface area (Å²) in [6, 6.07) is 9.14. The molecule has 0 aliphatic carbocycles. The molecule has 1 aromatic carbocycles. The van der Waals surface area contributed by atoms with Gasteiger partial charge in [-0.3, -0.25) is 0 Å². The van der Waals surface area contributed by atoms with Crippen LogP contribution in [0.5, 0.6) is 0 Å². The standard InChI is InChI=1S/C19H22N4O3S/c1-14-5-6-16(11-15(14)2)12-23-19(24)22-13-17(7-8-18(22)20-23)27(25,26)21-9-3-4-10-21/h5-8,11,13H,3-4,9-10,12H2,1-2H3. The molecule has 3 heterocycles. The smallest absolute Gasteiger partial charge is 0.249 e. The van der Waals surface area contributed by atoms with Crippen LogP contribution >= 0.6 is 0 Å². The van der Waals surface area contributed by atoms with E-state index in [9.17, 15) is 13.2 Å². The molecule has 142 valence electrons. The van der Waals surface area contributed by atoms with E-state index in [2.05, 4.69) is 5.10 Å². The Morgan fingerprint density at radius 1 is 1.04 bits per heavy atom. The molecule has 1 fully saturated rings. The lowest BCUT2D eigenvalue weighted by Crippen LogP contribution is -2.28. The van der Waals surface area contributed by atoms with Gasteiger partial charge in [0.15, 0.2) is 5.65 Å². The Morgan fingerprint density at radius 2 is 1.78 bits per heavy atom. The van der Waals surface area contributed by atoms with E-state index in [-0.39, 0.29) is 10.6 Å². The van der Waals surface area contributed by atoms with Crippen molar-refractivity contribution in [1.82, 2.24) is 18.5 Å². The third kappa shape index (κ3) is 3.19. The summed E-state index contributed by atoms with van der Waals surface area (Å²) < 4.78 is 29.6. The van der Waals surface area contributed by atoms with Crippen LogP contribution in [0.2, 0.25) is 0 Å². The molecular formula is C19H22N4O3S. The SMILES string of the molecule is Cc1ccc(Cn2nc3ccc(S(=O)(=O)N4CCCC4)cn3c2=O)cc1C. The summed E-state index contributed by atoms with van der Waals surface area (Å²) in [4.78, 5) is 12.9. The summed E-state index contributed by atoms with van der Waals surface area (Å²) in [6.07, 6.45) is 3.12. The molecule has 0 amide bonds. The summed E-state index contributed by atoms with van der Waals surface area (Å²) in [5.74, 6) is 0. The van der Waals surface area contributed by atoms with E-state index >= 15 is 0 Å². The number of hydrogen-bond donors (Lipinski definition) is 0. The Bertz CT molecular complexity index is 1170. The van der Waals surface area contributed by atoms with Crippen LogP contribution in [0.15, 0.2) is 46.2 Å². The number of sulfonamides is 1. The molecule has 1 aliphatic heterocycles. The van der Waals surface area contributed by atoms with Crippen LogP contribution in [0, 0.1) is 13.8 Å². The van der Waals surface area contributed by atoms with Gasteiger partial charge in [0.05, 0.1) is 11.4 Å². The molecule has 0 atom stereocenters. The first-order valence-electron chi connectivity index (χ1n) is 9.02. The first kappa shape index (κ1) is 17.9. The van der Waals surface area contributed by atoms with Gasteiger partial charge in [0.25, 0.3) is 0 Å². The first-order chi connectivity index (χ1) is 12.9. The van der Waals surface area contributed by atoms with E-state index in [0.717, 1.165) is 24.0 Å². The second-order valence-corrected chi connectivity index (χ2v) is 9.00. The maximum Gasteiger partial charge on any atom is 0.350 e. The van der Waals surface area contributed by atoms with Gasteiger partial charge in [0.1, 0.15) is 0 Å². The molecule has 0 radical (unpaired) electrons. The van der Waals surface area contributed by atoms with Gasteiger partial charge in [-0.05, 0) is 55.5 Å². The summed E-state index contributed by atoms with van der Waals surface area (Å²) in [5, 5.41) is 4.34. The molecule has 4 rings (SSSR count). The lowest BCUT2D eigenvalue weighted by Gasteiger charge is -2.15. The minimum atomic E-state index is -3.57. The van der Waals surface area contributed by atoms with Crippen LogP contribution < -0.4 is 5.69 Å². The van der Waals surface area contributed by atoms with E-state index in [4.69, 9.17) is 0 Å². The molecule has 3 aromatic rings. The highest BCUT2D eigenvalue weighted by molar-refractivity contribution is 7.89. The molecule has 1 aliphatic rings. The Balaban J connectivity index is 1.72. The molecule has 27 heavy (non-hydrogen) atoms. The summed E-state index contributed by atoms with van der Waals surface area (Å²) in [7, 11) is -3.57. The second-order valence-electron chi connectivity index (χ2n) is 7.06. The zero-order valence-corrected chi connectivity index (χ0v) is 16.2. The van der Waals surface area contributed by atoms with Crippen molar-refractivity contribution in [3.63, 3.8) is 0 Å². The minimum Gasteiger partial charge on any atom is -0.249 e. The number of nitrogens with zero attached hydrogens (tertiary/aromatic N) is 4. The predicted octanol–water partition coefficient (Wildman–Crippen LogP) is 1.95. The van der Waals surface area contributed by atoms with Gasteiger partial charge in [0, 0.05) is 19.3 Å². The number of aromatic nitrogens is 3. The average molecular weight is 386 g/mol. The third-order valence-corrected chi connectivity index (χ3v) is 7.04. The molecule has 0 bridgehead atoms. The molecule has 1 saturated heterocycles. The largest absolute Gasteiger partial charge is 0.350 e. The van der Waals surface area contributed by atoms with Crippen molar-refractivity contribution >= 4 is 15.7 Å². The maximum absolute atomic E-state index is 12.7. The third-order valence-electron chi connectivity index (χ3n) is 5.16. The molecule has 0 N–H and O–H groups in total. The molecule has 8 heteroatoms. The fraction of sp³-hybridized carbons (Fsp3) is 0.368. The van der Waals surface area contributed by atoms with Crippen molar-refractivity contribution in [1.29, 1.82) is 0 Å². The van der Waals surface area contributed by atoms with Gasteiger partial charge in [-0.25, -0.2) is 22.3 Å². The summed E-state index contributed by atoms with van der Waals surface area (Å²) in [5.41, 5.74) is 3.42. The predicted molar refractivity (Wildman–Crippen MR) is 102 cm³/mol. The Morgan fingerprint density at radius 3 is 2.48 bits per heavy atom. The van der Waals surface area contributed by atoms with Gasteiger partial charge >= 0.3 is 5.69 Å². The highest BCUT2D eigenvalue weighted by atomic mass is 32.2. The van der Waals surface area contributed by atoms with Crippen molar-refractivity contribution < 1.29 is 8.42 Å². The van der Waals surface area contributed by atoms with Gasteiger partial charge in [-0.2, -0.15) is 4.31 Å². The first-order valence-corrected chi connectivity index (χ1v) is 10.5. The molecule has 0 saturated carbocycles. The topological polar surface area (TPSA) is 76.7 Å². The van der Waals surface area contributed by atoms with Crippen LogP contribution in [0.4, 0.5) is 0 Å². The van der Waals surface area contributed by atoms with Crippen molar-refractivity contribution in [3.8, 4) is 0 Å². The van der Waals surface area contributed by atoms with Crippen LogP contribution in [-0.4, -0.2) is 40.0 Å². The molecular weight excluding hydrogens is 364 g/mol. The van der Waals surface area contributed by atoms with E-state index in [0.29, 0.717) is 25.3 Å². The zero-order chi connectivity index (χ0) is 19.2. The lowest BCUT2D eigenvalue weighted by atomic mass is 10.1. The van der Waals surface area contributed by atoms with Gasteiger partial charge in [-0.15, -0.1) is 5.10 Å². The number of rotatable bonds is 4. The summed E-state index contributed by atoms with van der Waals surface area (Å²) in [6.45, 7) is 5.47. The zero-order valence-electron chi connectivity index (χ0n) is 15.4. The van der Waals surface area contributed by atoms with Crippen LogP contribution in [-0.2, 0) is 16.6 Å². The minimum absolute atomic E-state index is 0.129. The average Bonchev–Trinajstić information content (AvgIpc) is 3.28. The number of hydrogen-bond acceptors (Lipinski definition) is 4. The lowest BCUT2D eigenvalue weighted by molar-refractivity contribution is 0.477. The number of pyridine rings is 1. The van der Waals surface area contributed by atoms with Crippen molar-refractivity contribution in [3.05, 3.63) is 63.7 Å². The molecule has 0 unspecified atom stereocenters. The number of aryl methyl sites for hydroxylation is 2.